The fourth-order valence-electron chi connectivity index (χ4n) is 3.72. The molecule has 4 rings (SSSR count). The second kappa shape index (κ2) is 7.64. The number of rotatable bonds is 4. The number of aryl methyl sites for hydroxylation is 1. The number of hydrogen-bond acceptors (Lipinski definition) is 3. The van der Waals surface area contributed by atoms with E-state index in [9.17, 15) is 9.18 Å². The van der Waals surface area contributed by atoms with E-state index < -0.39 is 0 Å². The Morgan fingerprint density at radius 2 is 1.89 bits per heavy atom. The van der Waals surface area contributed by atoms with Gasteiger partial charge in [-0.1, -0.05) is 6.92 Å². The SMILES string of the molecule is CCN1CCN(c2ccc(NC(=O)c3cc4cc(F)ccc4[nH]3)c(C)c2)CC1. The quantitative estimate of drug-likeness (QED) is 0.719. The molecule has 1 saturated heterocycles. The minimum absolute atomic E-state index is 0.232. The zero-order valence-corrected chi connectivity index (χ0v) is 16.3. The summed E-state index contributed by atoms with van der Waals surface area (Å²) in [7, 11) is 0. The van der Waals surface area contributed by atoms with Crippen LogP contribution >= 0.6 is 0 Å². The summed E-state index contributed by atoms with van der Waals surface area (Å²) in [4.78, 5) is 20.5. The second-order valence-corrected chi connectivity index (χ2v) is 7.29. The lowest BCUT2D eigenvalue weighted by atomic mass is 10.1. The van der Waals surface area contributed by atoms with Crippen molar-refractivity contribution in [3.05, 3.63) is 59.5 Å². The van der Waals surface area contributed by atoms with Crippen LogP contribution in [0.3, 0.4) is 0 Å². The van der Waals surface area contributed by atoms with Crippen molar-refractivity contribution in [3.63, 3.8) is 0 Å². The summed E-state index contributed by atoms with van der Waals surface area (Å²) in [5, 5.41) is 3.64. The molecular weight excluding hydrogens is 355 g/mol. The number of aromatic nitrogens is 1. The first kappa shape index (κ1) is 18.5. The number of piperazine rings is 1. The number of nitrogens with zero attached hydrogens (tertiary/aromatic N) is 2. The fraction of sp³-hybridized carbons (Fsp3) is 0.318. The maximum absolute atomic E-state index is 13.4. The number of amides is 1. The van der Waals surface area contributed by atoms with Gasteiger partial charge in [0.05, 0.1) is 0 Å². The third-order valence-electron chi connectivity index (χ3n) is 5.47. The number of likely N-dealkylation sites (N-methyl/N-ethyl adjacent to an activating group) is 1. The van der Waals surface area contributed by atoms with Gasteiger partial charge in [-0.25, -0.2) is 4.39 Å². The van der Waals surface area contributed by atoms with Crippen LogP contribution in [0.5, 0.6) is 0 Å². The van der Waals surface area contributed by atoms with E-state index in [-0.39, 0.29) is 11.7 Å². The zero-order chi connectivity index (χ0) is 19.7. The molecule has 2 aromatic carbocycles. The molecule has 0 aliphatic carbocycles. The highest BCUT2D eigenvalue weighted by Gasteiger charge is 2.17. The van der Waals surface area contributed by atoms with Crippen molar-refractivity contribution in [2.75, 3.05) is 42.9 Å². The molecular formula is C22H25FN4O. The lowest BCUT2D eigenvalue weighted by Gasteiger charge is -2.35. The number of aromatic amines is 1. The molecule has 3 aromatic rings. The van der Waals surface area contributed by atoms with E-state index >= 15 is 0 Å². The molecule has 0 atom stereocenters. The Balaban J connectivity index is 1.47. The number of halogens is 1. The highest BCUT2D eigenvalue weighted by atomic mass is 19.1. The van der Waals surface area contributed by atoms with Crippen LogP contribution in [0.25, 0.3) is 10.9 Å². The van der Waals surface area contributed by atoms with Gasteiger partial charge in [-0.15, -0.1) is 0 Å². The molecule has 6 heteroatoms. The van der Waals surface area contributed by atoms with Gasteiger partial charge in [-0.05, 0) is 61.5 Å². The van der Waals surface area contributed by atoms with E-state index in [1.54, 1.807) is 12.1 Å². The average molecular weight is 380 g/mol. The van der Waals surface area contributed by atoms with Crippen LogP contribution < -0.4 is 10.2 Å². The van der Waals surface area contributed by atoms with Gasteiger partial charge in [0.1, 0.15) is 11.5 Å². The molecule has 0 unspecified atom stereocenters. The van der Waals surface area contributed by atoms with Crippen LogP contribution in [-0.4, -0.2) is 48.5 Å². The maximum Gasteiger partial charge on any atom is 0.272 e. The Kier molecular flexibility index (Phi) is 5.05. The molecule has 2 N–H and O–H groups in total. The molecule has 146 valence electrons. The number of benzene rings is 2. The Labute approximate surface area is 164 Å². The standard InChI is InChI=1S/C22H25FN4O/c1-3-26-8-10-27(11-9-26)18-5-7-19(15(2)12-18)25-22(28)21-14-16-13-17(23)4-6-20(16)24-21/h4-7,12-14,24H,3,8-11H2,1-2H3,(H,25,28). The second-order valence-electron chi connectivity index (χ2n) is 7.29. The predicted molar refractivity (Wildman–Crippen MR) is 112 cm³/mol. The van der Waals surface area contributed by atoms with Gasteiger partial charge in [0.25, 0.3) is 5.91 Å². The van der Waals surface area contributed by atoms with Crippen LogP contribution in [-0.2, 0) is 0 Å². The van der Waals surface area contributed by atoms with Crippen LogP contribution in [0.4, 0.5) is 15.8 Å². The normalized spacial score (nSPS) is 15.2. The zero-order valence-electron chi connectivity index (χ0n) is 16.3. The Hall–Kier alpha value is -2.86. The van der Waals surface area contributed by atoms with Crippen molar-refractivity contribution in [3.8, 4) is 0 Å². The molecule has 2 heterocycles. The number of H-pyrrole nitrogens is 1. The van der Waals surface area contributed by atoms with Crippen molar-refractivity contribution in [1.29, 1.82) is 0 Å². The van der Waals surface area contributed by atoms with Gasteiger partial charge in [0.15, 0.2) is 0 Å². The summed E-state index contributed by atoms with van der Waals surface area (Å²) in [5.41, 5.74) is 4.15. The van der Waals surface area contributed by atoms with E-state index in [4.69, 9.17) is 0 Å². The summed E-state index contributed by atoms with van der Waals surface area (Å²) in [6.45, 7) is 9.49. The Bertz CT molecular complexity index is 1000. The topological polar surface area (TPSA) is 51.4 Å². The number of hydrogen-bond donors (Lipinski definition) is 2. The predicted octanol–water partition coefficient (Wildman–Crippen LogP) is 4.01. The van der Waals surface area contributed by atoms with Crippen molar-refractivity contribution >= 4 is 28.2 Å². The summed E-state index contributed by atoms with van der Waals surface area (Å²) < 4.78 is 13.4. The average Bonchev–Trinajstić information content (AvgIpc) is 3.13. The number of fused-ring (bicyclic) bond motifs is 1. The molecule has 0 spiro atoms. The van der Waals surface area contributed by atoms with Gasteiger partial charge in [0, 0.05) is 48.5 Å². The minimum atomic E-state index is -0.315. The monoisotopic (exact) mass is 380 g/mol. The number of carbonyl (C=O) groups is 1. The Morgan fingerprint density at radius 1 is 1.11 bits per heavy atom. The summed E-state index contributed by atoms with van der Waals surface area (Å²) in [5.74, 6) is -0.548. The number of nitrogens with one attached hydrogen (secondary N) is 2. The van der Waals surface area contributed by atoms with Crippen LogP contribution in [0.15, 0.2) is 42.5 Å². The van der Waals surface area contributed by atoms with Crippen molar-refractivity contribution in [2.24, 2.45) is 0 Å². The molecule has 1 fully saturated rings. The van der Waals surface area contributed by atoms with E-state index in [1.165, 1.54) is 17.8 Å². The first-order valence-electron chi connectivity index (χ1n) is 9.71. The van der Waals surface area contributed by atoms with E-state index in [2.05, 4.69) is 39.2 Å². The highest BCUT2D eigenvalue weighted by molar-refractivity contribution is 6.06. The van der Waals surface area contributed by atoms with Crippen molar-refractivity contribution < 1.29 is 9.18 Å². The molecule has 0 radical (unpaired) electrons. The first-order chi connectivity index (χ1) is 13.5. The molecule has 1 aromatic heterocycles. The maximum atomic E-state index is 13.4. The lowest BCUT2D eigenvalue weighted by Crippen LogP contribution is -2.46. The first-order valence-corrected chi connectivity index (χ1v) is 9.71. The molecule has 0 saturated carbocycles. The van der Waals surface area contributed by atoms with Crippen molar-refractivity contribution in [1.82, 2.24) is 9.88 Å². The summed E-state index contributed by atoms with van der Waals surface area (Å²) in [6.07, 6.45) is 0. The Morgan fingerprint density at radius 3 is 2.61 bits per heavy atom. The number of carbonyl (C=O) groups excluding carboxylic acids is 1. The third-order valence-corrected chi connectivity index (χ3v) is 5.47. The third kappa shape index (κ3) is 3.73. The van der Waals surface area contributed by atoms with Crippen molar-refractivity contribution in [2.45, 2.75) is 13.8 Å². The largest absolute Gasteiger partial charge is 0.369 e. The van der Waals surface area contributed by atoms with E-state index in [1.807, 2.05) is 13.0 Å². The smallest absolute Gasteiger partial charge is 0.272 e. The summed E-state index contributed by atoms with van der Waals surface area (Å²) in [6, 6.07) is 12.2. The van der Waals surface area contributed by atoms with E-state index in [0.717, 1.165) is 49.5 Å². The molecule has 1 aliphatic rings. The van der Waals surface area contributed by atoms with E-state index in [0.29, 0.717) is 11.1 Å². The lowest BCUT2D eigenvalue weighted by molar-refractivity contribution is 0.102. The van der Waals surface area contributed by atoms with Gasteiger partial charge in [-0.2, -0.15) is 0 Å². The van der Waals surface area contributed by atoms with Gasteiger partial charge in [0.2, 0.25) is 0 Å². The fourth-order valence-corrected chi connectivity index (χ4v) is 3.72. The van der Waals surface area contributed by atoms with Crippen LogP contribution in [0.1, 0.15) is 23.0 Å². The summed E-state index contributed by atoms with van der Waals surface area (Å²) >= 11 is 0. The highest BCUT2D eigenvalue weighted by Crippen LogP contribution is 2.25. The van der Waals surface area contributed by atoms with Crippen LogP contribution in [0, 0.1) is 12.7 Å². The minimum Gasteiger partial charge on any atom is -0.369 e. The molecule has 0 bridgehead atoms. The molecule has 1 aliphatic heterocycles. The van der Waals surface area contributed by atoms with Gasteiger partial charge < -0.3 is 20.1 Å². The number of anilines is 2. The molecule has 5 nitrogen and oxygen atoms in total. The molecule has 1 amide bonds. The van der Waals surface area contributed by atoms with Gasteiger partial charge in [-0.3, -0.25) is 4.79 Å². The van der Waals surface area contributed by atoms with Crippen LogP contribution in [0.2, 0.25) is 0 Å². The van der Waals surface area contributed by atoms with Gasteiger partial charge >= 0.3 is 0 Å². The molecule has 28 heavy (non-hydrogen) atoms.